The van der Waals surface area contributed by atoms with E-state index in [2.05, 4.69) is 5.32 Å². The average Bonchev–Trinajstić information content (AvgIpc) is 2.93. The van der Waals surface area contributed by atoms with Gasteiger partial charge in [-0.3, -0.25) is 9.59 Å². The zero-order valence-corrected chi connectivity index (χ0v) is 14.7. The van der Waals surface area contributed by atoms with Crippen LogP contribution in [-0.4, -0.2) is 18.4 Å². The number of nitrogens with zero attached hydrogens (tertiary/aromatic N) is 1. The van der Waals surface area contributed by atoms with Crippen LogP contribution < -0.4 is 10.2 Å². The molecule has 1 aliphatic rings. The zero-order chi connectivity index (χ0) is 17.3. The number of nitrogens with one attached hydrogen (secondary N) is 1. The summed E-state index contributed by atoms with van der Waals surface area (Å²) in [6.45, 7) is 0.270. The van der Waals surface area contributed by atoms with E-state index in [9.17, 15) is 9.59 Å². The van der Waals surface area contributed by atoms with Crippen LogP contribution in [0.25, 0.3) is 0 Å². The maximum absolute atomic E-state index is 12.5. The first-order valence-corrected chi connectivity index (χ1v) is 8.40. The predicted octanol–water partition coefficient (Wildman–Crippen LogP) is 4.64. The highest BCUT2D eigenvalue weighted by Crippen LogP contribution is 2.32. The van der Waals surface area contributed by atoms with Gasteiger partial charge in [0.1, 0.15) is 0 Å². The fourth-order valence-electron chi connectivity index (χ4n) is 2.61. The molecule has 2 aromatic rings. The van der Waals surface area contributed by atoms with Crippen molar-refractivity contribution in [1.29, 1.82) is 0 Å². The summed E-state index contributed by atoms with van der Waals surface area (Å²) >= 11 is 18.1. The largest absolute Gasteiger partial charge is 0.324 e. The maximum Gasteiger partial charge on any atom is 0.229 e. The number of carbonyl (C=O) groups is 2. The molecular weight excluding hydrogens is 371 g/mol. The molecule has 0 aromatic heterocycles. The Kier molecular flexibility index (Phi) is 4.99. The Morgan fingerprint density at radius 2 is 1.83 bits per heavy atom. The van der Waals surface area contributed by atoms with E-state index in [0.717, 1.165) is 0 Å². The Morgan fingerprint density at radius 3 is 2.58 bits per heavy atom. The van der Waals surface area contributed by atoms with Gasteiger partial charge in [0.15, 0.2) is 0 Å². The molecule has 2 amide bonds. The summed E-state index contributed by atoms with van der Waals surface area (Å²) in [7, 11) is 0. The van der Waals surface area contributed by atoms with E-state index in [4.69, 9.17) is 34.8 Å². The first-order chi connectivity index (χ1) is 11.5. The van der Waals surface area contributed by atoms with Crippen molar-refractivity contribution in [3.63, 3.8) is 0 Å². The van der Waals surface area contributed by atoms with Crippen molar-refractivity contribution in [3.8, 4) is 0 Å². The molecule has 0 aliphatic carbocycles. The number of para-hydroxylation sites is 1. The molecular formula is C17H13Cl3N2O2. The summed E-state index contributed by atoms with van der Waals surface area (Å²) in [5.74, 6) is -0.897. The second-order valence-electron chi connectivity index (χ2n) is 5.47. The van der Waals surface area contributed by atoms with Gasteiger partial charge in [-0.25, -0.2) is 0 Å². The van der Waals surface area contributed by atoms with Crippen molar-refractivity contribution in [2.75, 3.05) is 16.8 Å². The molecule has 2 aromatic carbocycles. The summed E-state index contributed by atoms with van der Waals surface area (Å²) in [4.78, 5) is 26.3. The monoisotopic (exact) mass is 382 g/mol. The van der Waals surface area contributed by atoms with Crippen LogP contribution >= 0.6 is 34.8 Å². The van der Waals surface area contributed by atoms with Gasteiger partial charge in [-0.05, 0) is 30.3 Å². The molecule has 0 radical (unpaired) electrons. The summed E-state index contributed by atoms with van der Waals surface area (Å²) in [6, 6.07) is 11.9. The minimum atomic E-state index is -0.483. The van der Waals surface area contributed by atoms with E-state index < -0.39 is 5.92 Å². The topological polar surface area (TPSA) is 49.4 Å². The number of carbonyl (C=O) groups excluding carboxylic acids is 2. The summed E-state index contributed by atoms with van der Waals surface area (Å²) < 4.78 is 0. The highest BCUT2D eigenvalue weighted by atomic mass is 35.5. The van der Waals surface area contributed by atoms with Gasteiger partial charge in [0.05, 0.1) is 27.3 Å². The molecule has 0 saturated carbocycles. The van der Waals surface area contributed by atoms with Crippen LogP contribution in [0.1, 0.15) is 6.42 Å². The van der Waals surface area contributed by atoms with Crippen molar-refractivity contribution in [2.45, 2.75) is 6.42 Å². The Hall–Kier alpha value is -1.75. The molecule has 24 heavy (non-hydrogen) atoms. The third-order valence-electron chi connectivity index (χ3n) is 3.83. The van der Waals surface area contributed by atoms with Crippen LogP contribution in [-0.2, 0) is 9.59 Å². The standard InChI is InChI=1S/C17H13Cl3N2O2/c18-11-5-6-12(19)14(8-11)21-17(24)10-7-16(23)22(9-10)15-4-2-1-3-13(15)20/h1-6,8,10H,7,9H2,(H,21,24)/t10-/m0/s1. The molecule has 4 nitrogen and oxygen atoms in total. The molecule has 124 valence electrons. The average molecular weight is 384 g/mol. The van der Waals surface area contributed by atoms with Gasteiger partial charge < -0.3 is 10.2 Å². The molecule has 0 bridgehead atoms. The van der Waals surface area contributed by atoms with E-state index in [1.54, 1.807) is 42.5 Å². The summed E-state index contributed by atoms with van der Waals surface area (Å²) in [6.07, 6.45) is 0.120. The number of hydrogen-bond acceptors (Lipinski definition) is 2. The lowest BCUT2D eigenvalue weighted by molar-refractivity contribution is -0.122. The van der Waals surface area contributed by atoms with Crippen LogP contribution in [0.5, 0.6) is 0 Å². The van der Waals surface area contributed by atoms with Crippen molar-refractivity contribution in [2.24, 2.45) is 5.92 Å². The SMILES string of the molecule is O=C(Nc1cc(Cl)ccc1Cl)[C@H]1CC(=O)N(c2ccccc2Cl)C1. The first-order valence-electron chi connectivity index (χ1n) is 7.26. The van der Waals surface area contributed by atoms with E-state index in [0.29, 0.717) is 26.4 Å². The molecule has 1 heterocycles. The molecule has 0 spiro atoms. The molecule has 0 unspecified atom stereocenters. The van der Waals surface area contributed by atoms with E-state index in [1.165, 1.54) is 4.90 Å². The minimum Gasteiger partial charge on any atom is -0.324 e. The van der Waals surface area contributed by atoms with Gasteiger partial charge >= 0.3 is 0 Å². The van der Waals surface area contributed by atoms with E-state index >= 15 is 0 Å². The maximum atomic E-state index is 12.5. The van der Waals surface area contributed by atoms with Crippen molar-refractivity contribution in [3.05, 3.63) is 57.5 Å². The minimum absolute atomic E-state index is 0.120. The van der Waals surface area contributed by atoms with Gasteiger partial charge in [-0.1, -0.05) is 46.9 Å². The highest BCUT2D eigenvalue weighted by molar-refractivity contribution is 6.36. The Morgan fingerprint density at radius 1 is 1.08 bits per heavy atom. The molecule has 1 fully saturated rings. The molecule has 7 heteroatoms. The van der Waals surface area contributed by atoms with Crippen LogP contribution in [0.15, 0.2) is 42.5 Å². The molecule has 1 N–H and O–H groups in total. The molecule has 1 saturated heterocycles. The Bertz CT molecular complexity index is 810. The first kappa shape index (κ1) is 17.1. The lowest BCUT2D eigenvalue weighted by Gasteiger charge is -2.18. The van der Waals surface area contributed by atoms with Crippen LogP contribution in [0.2, 0.25) is 15.1 Å². The molecule has 1 atom stereocenters. The third-order valence-corrected chi connectivity index (χ3v) is 4.71. The van der Waals surface area contributed by atoms with Crippen LogP contribution in [0.3, 0.4) is 0 Å². The van der Waals surface area contributed by atoms with E-state index in [1.807, 2.05) is 0 Å². The molecule has 3 rings (SSSR count). The number of halogens is 3. The van der Waals surface area contributed by atoms with E-state index in [-0.39, 0.29) is 24.8 Å². The number of anilines is 2. The number of amides is 2. The highest BCUT2D eigenvalue weighted by Gasteiger charge is 2.36. The Labute approximate surface area is 154 Å². The third kappa shape index (κ3) is 3.51. The van der Waals surface area contributed by atoms with Gasteiger partial charge in [0.25, 0.3) is 0 Å². The number of rotatable bonds is 3. The second kappa shape index (κ2) is 7.01. The lowest BCUT2D eigenvalue weighted by Crippen LogP contribution is -2.28. The fraction of sp³-hybridized carbons (Fsp3) is 0.176. The number of hydrogen-bond donors (Lipinski definition) is 1. The Balaban J connectivity index is 1.75. The quantitative estimate of drug-likeness (QED) is 0.839. The second-order valence-corrected chi connectivity index (χ2v) is 6.72. The van der Waals surface area contributed by atoms with Crippen LogP contribution in [0, 0.1) is 5.92 Å². The fourth-order valence-corrected chi connectivity index (χ4v) is 3.19. The number of benzene rings is 2. The summed E-state index contributed by atoms with van der Waals surface area (Å²) in [5, 5.41) is 4.07. The van der Waals surface area contributed by atoms with Crippen molar-refractivity contribution < 1.29 is 9.59 Å². The van der Waals surface area contributed by atoms with Gasteiger partial charge in [-0.2, -0.15) is 0 Å². The van der Waals surface area contributed by atoms with Crippen molar-refractivity contribution in [1.82, 2.24) is 0 Å². The van der Waals surface area contributed by atoms with Crippen molar-refractivity contribution >= 4 is 58.0 Å². The lowest BCUT2D eigenvalue weighted by atomic mass is 10.1. The van der Waals surface area contributed by atoms with Gasteiger partial charge in [0, 0.05) is 18.0 Å². The summed E-state index contributed by atoms with van der Waals surface area (Å²) in [5.41, 5.74) is 1.04. The van der Waals surface area contributed by atoms with Crippen LogP contribution in [0.4, 0.5) is 11.4 Å². The normalized spacial score (nSPS) is 17.2. The predicted molar refractivity (Wildman–Crippen MR) is 97.0 cm³/mol. The molecule has 1 aliphatic heterocycles. The van der Waals surface area contributed by atoms with Gasteiger partial charge in [0.2, 0.25) is 11.8 Å². The smallest absolute Gasteiger partial charge is 0.229 e. The van der Waals surface area contributed by atoms with Gasteiger partial charge in [-0.15, -0.1) is 0 Å². The zero-order valence-electron chi connectivity index (χ0n) is 12.4.